The van der Waals surface area contributed by atoms with Crippen LogP contribution in [0.3, 0.4) is 0 Å². The highest BCUT2D eigenvalue weighted by Gasteiger charge is 2.36. The van der Waals surface area contributed by atoms with Crippen LogP contribution in [0.2, 0.25) is 0 Å². The molecule has 3 N–H and O–H groups in total. The summed E-state index contributed by atoms with van der Waals surface area (Å²) in [4.78, 5) is 19.3. The molecule has 0 aromatic carbocycles. The molecule has 0 atom stereocenters. The monoisotopic (exact) mass is 420 g/mol. The molecule has 0 bridgehead atoms. The predicted molar refractivity (Wildman–Crippen MR) is 93.8 cm³/mol. The maximum absolute atomic E-state index is 13.0. The molecule has 28 heavy (non-hydrogen) atoms. The zero-order chi connectivity index (χ0) is 21.1. The first-order valence-corrected chi connectivity index (χ1v) is 9.22. The normalized spacial score (nSPS) is 11.7. The molecule has 3 heterocycles. The molecule has 0 fully saturated rings. The number of imidazole rings is 1. The topological polar surface area (TPSA) is 148 Å². The zero-order valence-electron chi connectivity index (χ0n) is 14.7. The number of fused-ring (bicyclic) bond motifs is 1. The highest BCUT2D eigenvalue weighted by atomic mass is 32.2. The minimum absolute atomic E-state index is 0.00238. The molecule has 0 spiro atoms. The first-order valence-electron chi connectivity index (χ1n) is 7.37. The minimum Gasteiger partial charge on any atom is -0.371 e. The molecule has 3 aromatic rings. The van der Waals surface area contributed by atoms with Crippen LogP contribution in [0, 0.1) is 0 Å². The van der Waals surface area contributed by atoms with Crippen LogP contribution < -0.4 is 10.6 Å². The van der Waals surface area contributed by atoms with Crippen molar-refractivity contribution in [3.05, 3.63) is 24.4 Å². The first kappa shape index (κ1) is 21.2. The van der Waals surface area contributed by atoms with Gasteiger partial charge in [0.25, 0.3) is 10.1 Å². The van der Waals surface area contributed by atoms with Crippen LogP contribution in [0.15, 0.2) is 18.6 Å². The molecular weight excluding hydrogens is 405 g/mol. The lowest BCUT2D eigenvalue weighted by molar-refractivity contribution is -0.144. The van der Waals surface area contributed by atoms with E-state index in [1.807, 2.05) is 0 Å². The van der Waals surface area contributed by atoms with E-state index in [4.69, 9.17) is 4.55 Å². The average molecular weight is 420 g/mol. The molecule has 152 valence electrons. The van der Waals surface area contributed by atoms with Crippen molar-refractivity contribution in [2.75, 3.05) is 31.0 Å². The molecule has 3 aromatic heterocycles. The van der Waals surface area contributed by atoms with Crippen molar-refractivity contribution in [1.29, 1.82) is 0 Å². The van der Waals surface area contributed by atoms with Gasteiger partial charge in [-0.15, -0.1) is 0 Å². The molecule has 0 aliphatic rings. The van der Waals surface area contributed by atoms with Crippen LogP contribution in [0.25, 0.3) is 17.0 Å². The molecule has 11 nitrogen and oxygen atoms in total. The van der Waals surface area contributed by atoms with E-state index in [0.717, 1.165) is 0 Å². The van der Waals surface area contributed by atoms with Crippen molar-refractivity contribution in [2.24, 2.45) is 0 Å². The number of nitrogens with one attached hydrogen (secondary N) is 2. The maximum atomic E-state index is 13.0. The third-order valence-electron chi connectivity index (χ3n) is 3.00. The third-order valence-corrected chi connectivity index (χ3v) is 3.00. The van der Waals surface area contributed by atoms with Crippen molar-refractivity contribution >= 4 is 33.0 Å². The smallest absolute Gasteiger partial charge is 0.371 e. The lowest BCUT2D eigenvalue weighted by Crippen LogP contribution is -2.13. The number of rotatable bonds is 3. The van der Waals surface area contributed by atoms with Crippen molar-refractivity contribution in [3.8, 4) is 5.82 Å². The van der Waals surface area contributed by atoms with Crippen LogP contribution in [-0.4, -0.2) is 62.8 Å². The Labute approximate surface area is 156 Å². The van der Waals surface area contributed by atoms with E-state index in [0.29, 0.717) is 18.0 Å². The molecule has 0 saturated carbocycles. The fraction of sp³-hybridized carbons (Fsp3) is 0.308. The summed E-state index contributed by atoms with van der Waals surface area (Å²) in [7, 11) is -0.571. The molecular formula is C13H15F3N8O3S. The Kier molecular flexibility index (Phi) is 5.98. The van der Waals surface area contributed by atoms with E-state index in [2.05, 4.69) is 35.6 Å². The van der Waals surface area contributed by atoms with Crippen molar-refractivity contribution < 1.29 is 26.1 Å². The summed E-state index contributed by atoms with van der Waals surface area (Å²) in [5.74, 6) is -0.605. The summed E-state index contributed by atoms with van der Waals surface area (Å²) in [6.45, 7) is 0. The molecule has 0 radical (unpaired) electrons. The number of hydrogen-bond acceptors (Lipinski definition) is 9. The highest BCUT2D eigenvalue weighted by Crippen LogP contribution is 2.30. The summed E-state index contributed by atoms with van der Waals surface area (Å²) in [5.41, 5.74) is 0.211. The average Bonchev–Trinajstić information content (AvgIpc) is 3.03. The largest absolute Gasteiger partial charge is 0.451 e. The predicted octanol–water partition coefficient (Wildman–Crippen LogP) is 1.21. The van der Waals surface area contributed by atoms with Crippen molar-refractivity contribution in [1.82, 2.24) is 29.5 Å². The molecule has 0 aliphatic heterocycles. The summed E-state index contributed by atoms with van der Waals surface area (Å²) in [5, 5.41) is 5.35. The number of halogens is 3. The fourth-order valence-electron chi connectivity index (χ4n) is 1.97. The van der Waals surface area contributed by atoms with Crippen molar-refractivity contribution in [2.45, 2.75) is 6.18 Å². The Morgan fingerprint density at radius 3 is 2.29 bits per heavy atom. The van der Waals surface area contributed by atoms with Crippen LogP contribution >= 0.6 is 0 Å². The van der Waals surface area contributed by atoms with Gasteiger partial charge in [0.1, 0.15) is 12.1 Å². The van der Waals surface area contributed by atoms with Gasteiger partial charge in [-0.3, -0.25) is 9.12 Å². The van der Waals surface area contributed by atoms with Crippen LogP contribution in [0.1, 0.15) is 5.82 Å². The van der Waals surface area contributed by atoms with Gasteiger partial charge < -0.3 is 10.6 Å². The number of anilines is 2. The molecule has 0 aliphatic carbocycles. The Morgan fingerprint density at radius 2 is 1.75 bits per heavy atom. The van der Waals surface area contributed by atoms with E-state index < -0.39 is 22.1 Å². The molecule has 0 unspecified atom stereocenters. The Morgan fingerprint density at radius 1 is 1.11 bits per heavy atom. The lowest BCUT2D eigenvalue weighted by atomic mass is 10.4. The standard InChI is InChI=1S/C12H11F3N8.CH4O3S/c1-16-8-7-9(22-10(21-8)12(13,14)15)23(5-19-7)6-3-4-18-11(17-2)20-6;1-5(2,3)4/h3-5H,1-2H3,(H,16,21,22)(H,17,18,20);1H3,(H,2,3,4). The second kappa shape index (κ2) is 7.89. The van der Waals surface area contributed by atoms with Gasteiger partial charge in [0.05, 0.1) is 6.26 Å². The Hall–Kier alpha value is -3.07. The molecule has 0 saturated heterocycles. The number of nitrogens with zero attached hydrogens (tertiary/aromatic N) is 6. The van der Waals surface area contributed by atoms with Crippen LogP contribution in [0.5, 0.6) is 0 Å². The Bertz CT molecular complexity index is 1080. The van der Waals surface area contributed by atoms with Gasteiger partial charge in [0.15, 0.2) is 17.0 Å². The summed E-state index contributed by atoms with van der Waals surface area (Å²) < 4.78 is 66.1. The highest BCUT2D eigenvalue weighted by molar-refractivity contribution is 7.85. The van der Waals surface area contributed by atoms with E-state index in [1.54, 1.807) is 7.05 Å². The summed E-state index contributed by atoms with van der Waals surface area (Å²) in [6, 6.07) is 1.54. The summed E-state index contributed by atoms with van der Waals surface area (Å²) >= 11 is 0. The van der Waals surface area contributed by atoms with Gasteiger partial charge in [0, 0.05) is 20.3 Å². The van der Waals surface area contributed by atoms with Gasteiger partial charge in [-0.2, -0.15) is 26.6 Å². The Balaban J connectivity index is 0.000000500. The van der Waals surface area contributed by atoms with Gasteiger partial charge in [-0.25, -0.2) is 19.9 Å². The van der Waals surface area contributed by atoms with Crippen molar-refractivity contribution in [3.63, 3.8) is 0 Å². The number of aromatic nitrogens is 6. The SMILES string of the molecule is CNc1nccc(-n2cnc3c(NC)nc(C(F)(F)F)nc32)n1.CS(=O)(=O)O. The number of alkyl halides is 3. The van der Waals surface area contributed by atoms with Gasteiger partial charge in [-0.1, -0.05) is 0 Å². The molecule has 0 amide bonds. The van der Waals surface area contributed by atoms with E-state index >= 15 is 0 Å². The molecule has 15 heteroatoms. The van der Waals surface area contributed by atoms with Gasteiger partial charge in [0.2, 0.25) is 11.8 Å². The first-order chi connectivity index (χ1) is 12.9. The fourth-order valence-corrected chi connectivity index (χ4v) is 1.97. The van der Waals surface area contributed by atoms with E-state index in [9.17, 15) is 21.6 Å². The van der Waals surface area contributed by atoms with Gasteiger partial charge in [-0.05, 0) is 6.07 Å². The zero-order valence-corrected chi connectivity index (χ0v) is 15.5. The maximum Gasteiger partial charge on any atom is 0.451 e. The second-order valence-corrected chi connectivity index (χ2v) is 6.62. The number of hydrogen-bond donors (Lipinski definition) is 3. The van der Waals surface area contributed by atoms with Crippen LogP contribution in [-0.2, 0) is 16.3 Å². The van der Waals surface area contributed by atoms with Gasteiger partial charge >= 0.3 is 6.18 Å². The minimum atomic E-state index is -4.67. The molecule has 3 rings (SSSR count). The summed E-state index contributed by atoms with van der Waals surface area (Å²) in [6.07, 6.45) is -1.14. The third kappa shape index (κ3) is 5.23. The lowest BCUT2D eigenvalue weighted by Gasteiger charge is -2.09. The van der Waals surface area contributed by atoms with Crippen LogP contribution in [0.4, 0.5) is 24.9 Å². The van der Waals surface area contributed by atoms with E-state index in [1.165, 1.54) is 30.2 Å². The quantitative estimate of drug-likeness (QED) is 0.528. The second-order valence-electron chi connectivity index (χ2n) is 5.15. The van der Waals surface area contributed by atoms with E-state index in [-0.39, 0.29) is 17.0 Å².